The Morgan fingerprint density at radius 3 is 2.52 bits per heavy atom. The second kappa shape index (κ2) is 6.24. The fourth-order valence-corrected chi connectivity index (χ4v) is 2.20. The van der Waals surface area contributed by atoms with Crippen molar-refractivity contribution < 1.29 is 14.3 Å². The topological polar surface area (TPSA) is 49.3 Å². The molecule has 0 bridgehead atoms. The molecular formula is C16H15ClFNO2. The number of carbonyl (C=O) groups excluding carboxylic acids is 1. The van der Waals surface area contributed by atoms with Crippen molar-refractivity contribution in [2.75, 3.05) is 6.54 Å². The van der Waals surface area contributed by atoms with Crippen LogP contribution in [0.3, 0.4) is 0 Å². The van der Waals surface area contributed by atoms with Crippen LogP contribution in [0.1, 0.15) is 22.8 Å². The molecule has 0 aromatic heterocycles. The Hall–Kier alpha value is -1.91. The third-order valence-electron chi connectivity index (χ3n) is 3.18. The number of amides is 1. The Morgan fingerprint density at radius 1 is 1.24 bits per heavy atom. The molecule has 1 atom stereocenters. The molecule has 0 spiro atoms. The number of hydrogen-bond donors (Lipinski definition) is 2. The van der Waals surface area contributed by atoms with E-state index < -0.39 is 17.3 Å². The number of nitrogens with one attached hydrogen (secondary N) is 1. The van der Waals surface area contributed by atoms with E-state index in [1.807, 2.05) is 6.07 Å². The van der Waals surface area contributed by atoms with E-state index in [2.05, 4.69) is 5.32 Å². The van der Waals surface area contributed by atoms with Gasteiger partial charge in [-0.1, -0.05) is 48.0 Å². The summed E-state index contributed by atoms with van der Waals surface area (Å²) in [6.45, 7) is 1.52. The second-order valence-corrected chi connectivity index (χ2v) is 5.33. The van der Waals surface area contributed by atoms with E-state index >= 15 is 0 Å². The van der Waals surface area contributed by atoms with Gasteiger partial charge in [-0.25, -0.2) is 4.39 Å². The van der Waals surface area contributed by atoms with Crippen LogP contribution in [-0.2, 0) is 5.60 Å². The van der Waals surface area contributed by atoms with Crippen molar-refractivity contribution >= 4 is 17.5 Å². The molecule has 1 amide bonds. The number of carbonyl (C=O) groups is 1. The minimum absolute atomic E-state index is 0.0341. The maximum atomic E-state index is 13.6. The summed E-state index contributed by atoms with van der Waals surface area (Å²) in [5.74, 6) is -1.35. The summed E-state index contributed by atoms with van der Waals surface area (Å²) >= 11 is 5.83. The summed E-state index contributed by atoms with van der Waals surface area (Å²) in [6.07, 6.45) is 0. The van der Waals surface area contributed by atoms with Crippen molar-refractivity contribution in [3.05, 3.63) is 70.5 Å². The average molecular weight is 308 g/mol. The Kier molecular flexibility index (Phi) is 4.60. The van der Waals surface area contributed by atoms with Crippen LogP contribution >= 0.6 is 11.6 Å². The zero-order valence-electron chi connectivity index (χ0n) is 11.4. The first-order valence-electron chi connectivity index (χ1n) is 6.42. The van der Waals surface area contributed by atoms with Crippen LogP contribution in [0.5, 0.6) is 0 Å². The van der Waals surface area contributed by atoms with Crippen molar-refractivity contribution in [2.24, 2.45) is 0 Å². The highest BCUT2D eigenvalue weighted by atomic mass is 35.5. The molecule has 21 heavy (non-hydrogen) atoms. The minimum atomic E-state index is -1.26. The van der Waals surface area contributed by atoms with E-state index in [4.69, 9.17) is 11.6 Å². The lowest BCUT2D eigenvalue weighted by Crippen LogP contribution is -2.39. The monoisotopic (exact) mass is 307 g/mol. The van der Waals surface area contributed by atoms with E-state index in [1.165, 1.54) is 12.1 Å². The standard InChI is InChI=1S/C16H15ClFNO2/c1-16(21,11-6-3-2-4-7-11)10-19-15(20)14-12(17)8-5-9-13(14)18/h2-9,21H,10H2,1H3,(H,19,20). The van der Waals surface area contributed by atoms with Crippen LogP contribution in [0, 0.1) is 5.82 Å². The summed E-state index contributed by atoms with van der Waals surface area (Å²) in [5, 5.41) is 12.9. The number of rotatable bonds is 4. The fraction of sp³-hybridized carbons (Fsp3) is 0.188. The molecule has 0 aliphatic heterocycles. The quantitative estimate of drug-likeness (QED) is 0.912. The maximum Gasteiger partial charge on any atom is 0.255 e. The van der Waals surface area contributed by atoms with E-state index in [9.17, 15) is 14.3 Å². The van der Waals surface area contributed by atoms with Gasteiger partial charge in [0.25, 0.3) is 5.91 Å². The molecule has 0 aliphatic carbocycles. The van der Waals surface area contributed by atoms with Crippen LogP contribution in [0.2, 0.25) is 5.02 Å². The van der Waals surface area contributed by atoms with Gasteiger partial charge in [0.2, 0.25) is 0 Å². The highest BCUT2D eigenvalue weighted by Crippen LogP contribution is 2.21. The zero-order valence-corrected chi connectivity index (χ0v) is 12.2. The number of halogens is 2. The lowest BCUT2D eigenvalue weighted by Gasteiger charge is -2.24. The SMILES string of the molecule is CC(O)(CNC(=O)c1c(F)cccc1Cl)c1ccccc1. The third-order valence-corrected chi connectivity index (χ3v) is 3.49. The summed E-state index contributed by atoms with van der Waals surface area (Å²) in [7, 11) is 0. The van der Waals surface area contributed by atoms with Gasteiger partial charge in [0, 0.05) is 0 Å². The van der Waals surface area contributed by atoms with E-state index in [-0.39, 0.29) is 17.1 Å². The number of hydrogen-bond acceptors (Lipinski definition) is 2. The number of benzene rings is 2. The van der Waals surface area contributed by atoms with Crippen molar-refractivity contribution in [3.8, 4) is 0 Å². The molecule has 0 heterocycles. The first kappa shape index (κ1) is 15.5. The Morgan fingerprint density at radius 2 is 1.90 bits per heavy atom. The van der Waals surface area contributed by atoms with Gasteiger partial charge in [-0.05, 0) is 24.6 Å². The van der Waals surface area contributed by atoms with E-state index in [0.29, 0.717) is 5.56 Å². The summed E-state index contributed by atoms with van der Waals surface area (Å²) in [5.41, 5.74) is -0.817. The van der Waals surface area contributed by atoms with Gasteiger partial charge in [-0.2, -0.15) is 0 Å². The highest BCUT2D eigenvalue weighted by Gasteiger charge is 2.25. The van der Waals surface area contributed by atoms with Gasteiger partial charge in [-0.3, -0.25) is 4.79 Å². The van der Waals surface area contributed by atoms with Gasteiger partial charge >= 0.3 is 0 Å². The predicted molar refractivity (Wildman–Crippen MR) is 79.8 cm³/mol. The fourth-order valence-electron chi connectivity index (χ4n) is 1.95. The molecule has 0 fully saturated rings. The Balaban J connectivity index is 2.11. The molecule has 2 aromatic carbocycles. The van der Waals surface area contributed by atoms with Crippen LogP contribution in [0.25, 0.3) is 0 Å². The summed E-state index contributed by atoms with van der Waals surface area (Å²) < 4.78 is 13.6. The van der Waals surface area contributed by atoms with Gasteiger partial charge in [-0.15, -0.1) is 0 Å². The van der Waals surface area contributed by atoms with Crippen molar-refractivity contribution in [3.63, 3.8) is 0 Å². The molecule has 0 radical (unpaired) electrons. The highest BCUT2D eigenvalue weighted by molar-refractivity contribution is 6.33. The lowest BCUT2D eigenvalue weighted by molar-refractivity contribution is 0.0525. The van der Waals surface area contributed by atoms with Gasteiger partial charge in [0.1, 0.15) is 11.4 Å². The van der Waals surface area contributed by atoms with Gasteiger partial charge in [0.05, 0.1) is 17.1 Å². The molecule has 5 heteroatoms. The zero-order chi connectivity index (χ0) is 15.5. The van der Waals surface area contributed by atoms with Crippen LogP contribution < -0.4 is 5.32 Å². The van der Waals surface area contributed by atoms with Crippen molar-refractivity contribution in [2.45, 2.75) is 12.5 Å². The molecule has 1 unspecified atom stereocenters. The van der Waals surface area contributed by atoms with Crippen LogP contribution in [0.4, 0.5) is 4.39 Å². The van der Waals surface area contributed by atoms with Crippen molar-refractivity contribution in [1.82, 2.24) is 5.32 Å². The lowest BCUT2D eigenvalue weighted by atomic mass is 9.96. The minimum Gasteiger partial charge on any atom is -0.384 e. The summed E-state index contributed by atoms with van der Waals surface area (Å²) in [4.78, 5) is 12.0. The van der Waals surface area contributed by atoms with Crippen LogP contribution in [0.15, 0.2) is 48.5 Å². The van der Waals surface area contributed by atoms with Gasteiger partial charge < -0.3 is 10.4 Å². The molecular weight excluding hydrogens is 293 g/mol. The normalized spacial score (nSPS) is 13.5. The largest absolute Gasteiger partial charge is 0.384 e. The molecule has 110 valence electrons. The predicted octanol–water partition coefficient (Wildman–Crippen LogP) is 3.12. The summed E-state index contributed by atoms with van der Waals surface area (Å²) in [6, 6.07) is 12.9. The number of aliphatic hydroxyl groups is 1. The smallest absolute Gasteiger partial charge is 0.255 e. The van der Waals surface area contributed by atoms with E-state index in [0.717, 1.165) is 6.07 Å². The van der Waals surface area contributed by atoms with Crippen LogP contribution in [-0.4, -0.2) is 17.6 Å². The van der Waals surface area contributed by atoms with Crippen molar-refractivity contribution in [1.29, 1.82) is 0 Å². The molecule has 0 saturated heterocycles. The molecule has 0 saturated carbocycles. The molecule has 3 nitrogen and oxygen atoms in total. The molecule has 0 aliphatic rings. The molecule has 2 N–H and O–H groups in total. The Labute approximate surface area is 127 Å². The average Bonchev–Trinajstić information content (AvgIpc) is 2.46. The first-order chi connectivity index (χ1) is 9.92. The molecule has 2 aromatic rings. The third kappa shape index (κ3) is 3.60. The molecule has 2 rings (SSSR count). The Bertz CT molecular complexity index is 624. The van der Waals surface area contributed by atoms with Gasteiger partial charge in [0.15, 0.2) is 0 Å². The maximum absolute atomic E-state index is 13.6. The first-order valence-corrected chi connectivity index (χ1v) is 6.80. The second-order valence-electron chi connectivity index (χ2n) is 4.92. The van der Waals surface area contributed by atoms with E-state index in [1.54, 1.807) is 31.2 Å².